The number of carbonyl (C=O) groups is 2. The average Bonchev–Trinajstić information content (AvgIpc) is 3.70. The number of likely N-dealkylation sites (tertiary alicyclic amines) is 2. The van der Waals surface area contributed by atoms with Crippen molar-refractivity contribution in [3.63, 3.8) is 0 Å². The highest BCUT2D eigenvalue weighted by atomic mass is 32.1. The number of ether oxygens (including phenoxy) is 1. The maximum absolute atomic E-state index is 15.7. The lowest BCUT2D eigenvalue weighted by molar-refractivity contribution is 0.0224. The zero-order chi connectivity index (χ0) is 31.9. The summed E-state index contributed by atoms with van der Waals surface area (Å²) >= 11 is 1.46. The quantitative estimate of drug-likeness (QED) is 0.215. The second kappa shape index (κ2) is 12.7. The maximum atomic E-state index is 15.7. The van der Waals surface area contributed by atoms with Crippen LogP contribution < -0.4 is 5.32 Å². The molecular weight excluding hydrogens is 596 g/mol. The van der Waals surface area contributed by atoms with Gasteiger partial charge in [0.2, 0.25) is 0 Å². The van der Waals surface area contributed by atoms with Gasteiger partial charge in [0.25, 0.3) is 5.91 Å². The number of alkyl halides is 1. The molecule has 2 fully saturated rings. The molecule has 0 bridgehead atoms. The Kier molecular flexibility index (Phi) is 8.85. The molecule has 0 radical (unpaired) electrons. The number of hydrogen-bond donors (Lipinski definition) is 1. The van der Waals surface area contributed by atoms with Crippen molar-refractivity contribution in [2.45, 2.75) is 77.6 Å². The molecule has 4 aromatic rings. The maximum Gasteiger partial charge on any atom is 0.410 e. The minimum atomic E-state index is -0.680. The smallest absolute Gasteiger partial charge is 0.410 e. The van der Waals surface area contributed by atoms with Crippen molar-refractivity contribution in [3.05, 3.63) is 59.0 Å². The predicted octanol–water partition coefficient (Wildman–Crippen LogP) is 7.29. The van der Waals surface area contributed by atoms with E-state index < -0.39 is 11.8 Å². The van der Waals surface area contributed by atoms with Gasteiger partial charge in [-0.2, -0.15) is 0 Å². The summed E-state index contributed by atoms with van der Waals surface area (Å²) in [5, 5.41) is 3.00. The molecule has 2 saturated heterocycles. The molecule has 1 N–H and O–H groups in total. The molecule has 8 nitrogen and oxygen atoms in total. The Hall–Kier alpha value is -3.57. The highest BCUT2D eigenvalue weighted by Crippen LogP contribution is 2.37. The largest absolute Gasteiger partial charge is 0.444 e. The van der Waals surface area contributed by atoms with Crippen LogP contribution in [0.25, 0.3) is 26.4 Å². The zero-order valence-electron chi connectivity index (χ0n) is 26.4. The molecule has 0 saturated carbocycles. The molecule has 6 rings (SSSR count). The van der Waals surface area contributed by atoms with Crippen LogP contribution in [-0.4, -0.2) is 75.7 Å². The number of thiazole rings is 1. The van der Waals surface area contributed by atoms with Gasteiger partial charge in [-0.3, -0.25) is 9.20 Å². The van der Waals surface area contributed by atoms with Crippen molar-refractivity contribution < 1.29 is 23.1 Å². The van der Waals surface area contributed by atoms with E-state index in [-0.39, 0.29) is 23.9 Å². The van der Waals surface area contributed by atoms with Crippen molar-refractivity contribution in [3.8, 4) is 11.3 Å². The number of fused-ring (bicyclic) bond motifs is 3. The molecular formula is C34H41F2N5O3S. The fourth-order valence-electron chi connectivity index (χ4n) is 6.42. The summed E-state index contributed by atoms with van der Waals surface area (Å²) in [4.78, 5) is 35.1. The lowest BCUT2D eigenvalue weighted by Crippen LogP contribution is -2.36. The number of nitrogens with one attached hydrogen (secondary N) is 1. The summed E-state index contributed by atoms with van der Waals surface area (Å²) in [5.74, 6) is -0.509. The first-order valence-corrected chi connectivity index (χ1v) is 16.7. The zero-order valence-corrected chi connectivity index (χ0v) is 27.2. The highest BCUT2D eigenvalue weighted by Gasteiger charge is 2.33. The predicted molar refractivity (Wildman–Crippen MR) is 173 cm³/mol. The second-order valence-corrected chi connectivity index (χ2v) is 14.2. The summed E-state index contributed by atoms with van der Waals surface area (Å²) < 4.78 is 37.5. The van der Waals surface area contributed by atoms with Crippen LogP contribution in [0.15, 0.2) is 36.4 Å². The lowest BCUT2D eigenvalue weighted by atomic mass is 10.0. The van der Waals surface area contributed by atoms with Gasteiger partial charge in [0.05, 0.1) is 22.0 Å². The summed E-state index contributed by atoms with van der Waals surface area (Å²) in [6, 6.07) is 10.5. The van der Waals surface area contributed by atoms with Crippen LogP contribution in [0, 0.1) is 12.7 Å². The molecule has 2 aliphatic heterocycles. The molecule has 2 aliphatic rings. The number of halogens is 2. The van der Waals surface area contributed by atoms with E-state index in [4.69, 9.17) is 9.72 Å². The molecule has 2 amide bonds. The Bertz CT molecular complexity index is 1720. The first kappa shape index (κ1) is 31.4. The van der Waals surface area contributed by atoms with Gasteiger partial charge in [-0.25, -0.2) is 18.6 Å². The van der Waals surface area contributed by atoms with E-state index in [0.29, 0.717) is 42.8 Å². The molecule has 240 valence electrons. The second-order valence-electron chi connectivity index (χ2n) is 13.1. The van der Waals surface area contributed by atoms with Crippen molar-refractivity contribution >= 4 is 38.5 Å². The Labute approximate surface area is 266 Å². The number of nitrogens with zero attached hydrogens (tertiary/aromatic N) is 4. The van der Waals surface area contributed by atoms with Gasteiger partial charge in [0.15, 0.2) is 4.96 Å². The van der Waals surface area contributed by atoms with Crippen molar-refractivity contribution in [1.82, 2.24) is 24.5 Å². The SMILES string of the molecule is Cc1c(-c2ccc(C3CCCN3C(=O)OC(C)(C)C)cc2F)nc2sc3cc(C(=O)NCCCN4CCC(F)CC4)ccc3n12. The van der Waals surface area contributed by atoms with Crippen LogP contribution in [0.1, 0.15) is 80.5 Å². The number of aromatic nitrogens is 2. The van der Waals surface area contributed by atoms with Crippen molar-refractivity contribution in [2.75, 3.05) is 32.7 Å². The van der Waals surface area contributed by atoms with Gasteiger partial charge in [-0.05, 0) is 102 Å². The molecule has 2 aromatic carbocycles. The van der Waals surface area contributed by atoms with E-state index in [1.165, 1.54) is 17.4 Å². The highest BCUT2D eigenvalue weighted by molar-refractivity contribution is 7.23. The lowest BCUT2D eigenvalue weighted by Gasteiger charge is -2.29. The fraction of sp³-hybridized carbons (Fsp3) is 0.500. The Morgan fingerprint density at radius 3 is 2.60 bits per heavy atom. The van der Waals surface area contributed by atoms with Crippen LogP contribution in [0.3, 0.4) is 0 Å². The van der Waals surface area contributed by atoms with E-state index >= 15 is 4.39 Å². The molecule has 1 atom stereocenters. The third-order valence-electron chi connectivity index (χ3n) is 8.71. The summed E-state index contributed by atoms with van der Waals surface area (Å²) in [6.07, 6.45) is 2.54. The summed E-state index contributed by atoms with van der Waals surface area (Å²) in [7, 11) is 0. The van der Waals surface area contributed by atoms with E-state index in [1.807, 2.05) is 56.4 Å². The van der Waals surface area contributed by atoms with Crippen molar-refractivity contribution in [1.29, 1.82) is 0 Å². The van der Waals surface area contributed by atoms with E-state index in [2.05, 4.69) is 10.2 Å². The Morgan fingerprint density at radius 1 is 1.09 bits per heavy atom. The number of rotatable bonds is 7. The molecule has 1 unspecified atom stereocenters. The third-order valence-corrected chi connectivity index (χ3v) is 9.71. The van der Waals surface area contributed by atoms with Gasteiger partial charge >= 0.3 is 6.09 Å². The number of imidazole rings is 1. The summed E-state index contributed by atoms with van der Waals surface area (Å²) in [6.45, 7) is 11.0. The first-order valence-electron chi connectivity index (χ1n) is 15.8. The van der Waals surface area contributed by atoms with Crippen LogP contribution in [0.4, 0.5) is 13.6 Å². The number of aryl methyl sites for hydroxylation is 1. The summed E-state index contributed by atoms with van der Waals surface area (Å²) in [5.41, 5.74) is 3.43. The number of amides is 2. The molecule has 45 heavy (non-hydrogen) atoms. The number of benzene rings is 2. The van der Waals surface area contributed by atoms with Gasteiger partial charge in [0, 0.05) is 43.0 Å². The number of piperidine rings is 1. The number of hydrogen-bond acceptors (Lipinski definition) is 6. The minimum absolute atomic E-state index is 0.127. The molecule has 0 aliphatic carbocycles. The van der Waals surface area contributed by atoms with Crippen LogP contribution in [-0.2, 0) is 4.74 Å². The topological polar surface area (TPSA) is 79.2 Å². The molecule has 11 heteroatoms. The van der Waals surface area contributed by atoms with Gasteiger partial charge in [-0.1, -0.05) is 17.4 Å². The third kappa shape index (κ3) is 6.70. The molecule has 4 heterocycles. The van der Waals surface area contributed by atoms with Gasteiger partial charge in [0.1, 0.15) is 17.6 Å². The standard InChI is InChI=1S/C34H41F2N5O3S/c1-21-30(25-10-8-22(19-26(25)36)27-7-5-16-40(27)33(43)44-34(2,3)4)38-32-41(21)28-11-9-23(20-29(28)45-32)31(42)37-14-6-15-39-17-12-24(35)13-18-39/h8-11,19-20,24,27H,5-7,12-18H2,1-4H3,(H,37,42). The van der Waals surface area contributed by atoms with E-state index in [1.54, 1.807) is 11.0 Å². The Balaban J connectivity index is 1.15. The first-order chi connectivity index (χ1) is 21.5. The number of carbonyl (C=O) groups excluding carboxylic acids is 2. The molecule has 2 aromatic heterocycles. The van der Waals surface area contributed by atoms with Crippen LogP contribution >= 0.6 is 11.3 Å². The fourth-order valence-corrected chi connectivity index (χ4v) is 7.53. The van der Waals surface area contributed by atoms with Gasteiger partial charge in [-0.15, -0.1) is 0 Å². The monoisotopic (exact) mass is 637 g/mol. The van der Waals surface area contributed by atoms with Gasteiger partial charge < -0.3 is 19.9 Å². The van der Waals surface area contributed by atoms with E-state index in [0.717, 1.165) is 65.3 Å². The normalized spacial score (nSPS) is 18.3. The van der Waals surface area contributed by atoms with Crippen molar-refractivity contribution in [2.24, 2.45) is 0 Å². The minimum Gasteiger partial charge on any atom is -0.444 e. The van der Waals surface area contributed by atoms with E-state index in [9.17, 15) is 14.0 Å². The average molecular weight is 638 g/mol. The Morgan fingerprint density at radius 2 is 1.87 bits per heavy atom. The molecule has 0 spiro atoms. The van der Waals surface area contributed by atoms with Crippen LogP contribution in [0.2, 0.25) is 0 Å². The van der Waals surface area contributed by atoms with Crippen LogP contribution in [0.5, 0.6) is 0 Å².